The van der Waals surface area contributed by atoms with Crippen molar-refractivity contribution in [3.05, 3.63) is 30.1 Å². The molecule has 0 bridgehead atoms. The maximum absolute atomic E-state index is 12.9. The van der Waals surface area contributed by atoms with Gasteiger partial charge in [-0.05, 0) is 49.9 Å². The number of nitrogens with zero attached hydrogens (tertiary/aromatic N) is 1. The number of amides is 3. The van der Waals surface area contributed by atoms with Crippen LogP contribution >= 0.6 is 0 Å². The van der Waals surface area contributed by atoms with Crippen LogP contribution in [0, 0.1) is 5.82 Å². The van der Waals surface area contributed by atoms with E-state index >= 15 is 0 Å². The molecule has 2 aliphatic heterocycles. The number of piperidine rings is 1. The Morgan fingerprint density at radius 2 is 1.67 bits per heavy atom. The van der Waals surface area contributed by atoms with E-state index in [1.54, 1.807) is 4.90 Å². The van der Waals surface area contributed by atoms with Gasteiger partial charge in [-0.2, -0.15) is 0 Å². The summed E-state index contributed by atoms with van der Waals surface area (Å²) in [6, 6.07) is 5.02. The molecule has 3 rings (SSSR count). The Morgan fingerprint density at radius 1 is 1.04 bits per heavy atom. The lowest BCUT2D eigenvalue weighted by molar-refractivity contribution is -0.155. The summed E-state index contributed by atoms with van der Waals surface area (Å²) in [5.41, 5.74) is 0.493. The first kappa shape index (κ1) is 19.1. The van der Waals surface area contributed by atoms with Crippen molar-refractivity contribution >= 4 is 23.6 Å². The first-order valence-corrected chi connectivity index (χ1v) is 8.92. The van der Waals surface area contributed by atoms with Crippen LogP contribution in [0.5, 0.6) is 0 Å². The summed E-state index contributed by atoms with van der Waals surface area (Å²) in [5, 5.41) is 14.4. The summed E-state index contributed by atoms with van der Waals surface area (Å²) in [5.74, 6) is -1.60. The fraction of sp³-hybridized carbons (Fsp3) is 0.500. The predicted molar refractivity (Wildman–Crippen MR) is 93.7 cm³/mol. The van der Waals surface area contributed by atoms with Crippen molar-refractivity contribution in [3.63, 3.8) is 0 Å². The molecule has 2 aliphatic rings. The monoisotopic (exact) mass is 379 g/mol. The number of ether oxygens (including phenoxy) is 1. The number of urea groups is 1. The Bertz CT molecular complexity index is 703. The fourth-order valence-corrected chi connectivity index (χ4v) is 3.33. The lowest BCUT2D eigenvalue weighted by Crippen LogP contribution is -2.49. The van der Waals surface area contributed by atoms with E-state index in [1.165, 1.54) is 24.3 Å². The van der Waals surface area contributed by atoms with E-state index in [-0.39, 0.29) is 23.8 Å². The van der Waals surface area contributed by atoms with Crippen LogP contribution in [0.1, 0.15) is 25.7 Å². The predicted octanol–water partition coefficient (Wildman–Crippen LogP) is 1.57. The SMILES string of the molecule is O=C(Nc1ccc(F)cc1)NC1CCN(C(=O)[C@@H]2CC[C@H](C(=O)O)O2)CC1. The molecular weight excluding hydrogens is 357 g/mol. The smallest absolute Gasteiger partial charge is 0.332 e. The molecule has 0 aliphatic carbocycles. The van der Waals surface area contributed by atoms with Crippen molar-refractivity contribution in [1.82, 2.24) is 10.2 Å². The second kappa shape index (κ2) is 8.34. The Labute approximate surface area is 155 Å². The summed E-state index contributed by atoms with van der Waals surface area (Å²) < 4.78 is 18.2. The highest BCUT2D eigenvalue weighted by atomic mass is 19.1. The molecule has 0 unspecified atom stereocenters. The zero-order valence-corrected chi connectivity index (χ0v) is 14.7. The fourth-order valence-electron chi connectivity index (χ4n) is 3.33. The van der Waals surface area contributed by atoms with Crippen LogP contribution in [0.15, 0.2) is 24.3 Å². The molecule has 2 heterocycles. The zero-order chi connectivity index (χ0) is 19.4. The largest absolute Gasteiger partial charge is 0.479 e. The quantitative estimate of drug-likeness (QED) is 0.736. The van der Waals surface area contributed by atoms with Gasteiger partial charge >= 0.3 is 12.0 Å². The molecule has 1 aromatic rings. The normalized spacial score (nSPS) is 23.1. The topological polar surface area (TPSA) is 108 Å². The number of carbonyl (C=O) groups excluding carboxylic acids is 2. The van der Waals surface area contributed by atoms with Gasteiger partial charge in [0.2, 0.25) is 0 Å². The Hall–Kier alpha value is -2.68. The number of likely N-dealkylation sites (tertiary alicyclic amines) is 1. The minimum atomic E-state index is -1.04. The third-order valence-electron chi connectivity index (χ3n) is 4.81. The Balaban J connectivity index is 1.42. The minimum Gasteiger partial charge on any atom is -0.479 e. The lowest BCUT2D eigenvalue weighted by Gasteiger charge is -2.33. The molecule has 0 spiro atoms. The third-order valence-corrected chi connectivity index (χ3v) is 4.81. The Kier molecular flexibility index (Phi) is 5.90. The summed E-state index contributed by atoms with van der Waals surface area (Å²) in [7, 11) is 0. The van der Waals surface area contributed by atoms with Gasteiger partial charge in [-0.15, -0.1) is 0 Å². The molecule has 0 aromatic heterocycles. The summed E-state index contributed by atoms with van der Waals surface area (Å²) in [6.07, 6.45) is 0.335. The van der Waals surface area contributed by atoms with Crippen molar-refractivity contribution in [2.24, 2.45) is 0 Å². The van der Waals surface area contributed by atoms with Gasteiger partial charge in [-0.3, -0.25) is 4.79 Å². The van der Waals surface area contributed by atoms with Crippen LogP contribution in [-0.2, 0) is 14.3 Å². The number of nitrogens with one attached hydrogen (secondary N) is 2. The van der Waals surface area contributed by atoms with Gasteiger partial charge in [0, 0.05) is 24.8 Å². The average Bonchev–Trinajstić information content (AvgIpc) is 3.14. The van der Waals surface area contributed by atoms with Crippen LogP contribution in [0.2, 0.25) is 0 Å². The summed E-state index contributed by atoms with van der Waals surface area (Å²) >= 11 is 0. The van der Waals surface area contributed by atoms with Crippen molar-refractivity contribution in [3.8, 4) is 0 Å². The van der Waals surface area contributed by atoms with Gasteiger partial charge in [0.05, 0.1) is 0 Å². The summed E-state index contributed by atoms with van der Waals surface area (Å²) in [6.45, 7) is 0.940. The van der Waals surface area contributed by atoms with E-state index in [0.29, 0.717) is 44.5 Å². The highest BCUT2D eigenvalue weighted by Crippen LogP contribution is 2.23. The number of rotatable bonds is 4. The molecule has 2 fully saturated rings. The van der Waals surface area contributed by atoms with Crippen LogP contribution in [0.25, 0.3) is 0 Å². The molecule has 2 saturated heterocycles. The zero-order valence-electron chi connectivity index (χ0n) is 14.7. The van der Waals surface area contributed by atoms with Crippen molar-refractivity contribution < 1.29 is 28.6 Å². The van der Waals surface area contributed by atoms with E-state index in [4.69, 9.17) is 9.84 Å². The van der Waals surface area contributed by atoms with E-state index in [0.717, 1.165) is 0 Å². The van der Waals surface area contributed by atoms with Gasteiger partial charge in [0.25, 0.3) is 5.91 Å². The number of halogens is 1. The molecule has 0 saturated carbocycles. The molecule has 3 N–H and O–H groups in total. The molecular formula is C18H22FN3O5. The number of carboxylic acids is 1. The standard InChI is InChI=1S/C18H22FN3O5/c19-11-1-3-12(4-2-11)20-18(26)21-13-7-9-22(10-8-13)16(23)14-5-6-15(27-14)17(24)25/h1-4,13-15H,5-10H2,(H,24,25)(H2,20,21,26)/t14-,15+/m0/s1. The summed E-state index contributed by atoms with van der Waals surface area (Å²) in [4.78, 5) is 37.0. The number of carbonyl (C=O) groups is 3. The maximum Gasteiger partial charge on any atom is 0.332 e. The molecule has 8 nitrogen and oxygen atoms in total. The number of aliphatic carboxylic acids is 1. The van der Waals surface area contributed by atoms with Crippen molar-refractivity contribution in [1.29, 1.82) is 0 Å². The second-order valence-electron chi connectivity index (χ2n) is 6.73. The van der Waals surface area contributed by atoms with E-state index < -0.39 is 18.2 Å². The van der Waals surface area contributed by atoms with E-state index in [1.807, 2.05) is 0 Å². The molecule has 9 heteroatoms. The van der Waals surface area contributed by atoms with Gasteiger partial charge < -0.3 is 25.4 Å². The lowest BCUT2D eigenvalue weighted by atomic mass is 10.0. The molecule has 2 atom stereocenters. The van der Waals surface area contributed by atoms with Crippen LogP contribution < -0.4 is 10.6 Å². The highest BCUT2D eigenvalue weighted by molar-refractivity contribution is 5.89. The van der Waals surface area contributed by atoms with Gasteiger partial charge in [-0.1, -0.05) is 0 Å². The molecule has 3 amide bonds. The van der Waals surface area contributed by atoms with Gasteiger partial charge in [-0.25, -0.2) is 14.0 Å². The number of benzene rings is 1. The molecule has 27 heavy (non-hydrogen) atoms. The maximum atomic E-state index is 12.9. The minimum absolute atomic E-state index is 0.0780. The number of hydrogen-bond donors (Lipinski definition) is 3. The number of carboxylic acid groups (broad SMARTS) is 1. The second-order valence-corrected chi connectivity index (χ2v) is 6.73. The average molecular weight is 379 g/mol. The first-order valence-electron chi connectivity index (χ1n) is 8.92. The van der Waals surface area contributed by atoms with E-state index in [9.17, 15) is 18.8 Å². The van der Waals surface area contributed by atoms with Crippen molar-refractivity contribution in [2.75, 3.05) is 18.4 Å². The van der Waals surface area contributed by atoms with Gasteiger partial charge in [0.1, 0.15) is 11.9 Å². The third kappa shape index (κ3) is 4.94. The van der Waals surface area contributed by atoms with Crippen LogP contribution in [0.4, 0.5) is 14.9 Å². The van der Waals surface area contributed by atoms with Crippen LogP contribution in [0.3, 0.4) is 0 Å². The van der Waals surface area contributed by atoms with Crippen molar-refractivity contribution in [2.45, 2.75) is 43.9 Å². The van der Waals surface area contributed by atoms with Gasteiger partial charge in [0.15, 0.2) is 6.10 Å². The Morgan fingerprint density at radius 3 is 2.26 bits per heavy atom. The first-order chi connectivity index (χ1) is 12.9. The molecule has 1 aromatic carbocycles. The number of hydrogen-bond acceptors (Lipinski definition) is 4. The highest BCUT2D eigenvalue weighted by Gasteiger charge is 2.37. The van der Waals surface area contributed by atoms with E-state index in [2.05, 4.69) is 10.6 Å². The molecule has 0 radical (unpaired) electrons. The number of anilines is 1. The van der Waals surface area contributed by atoms with Crippen LogP contribution in [-0.4, -0.2) is 59.3 Å². The molecule has 146 valence electrons.